The van der Waals surface area contributed by atoms with Gasteiger partial charge in [-0.15, -0.1) is 0 Å². The second-order valence-electron chi connectivity index (χ2n) is 4.58. The van der Waals surface area contributed by atoms with E-state index in [4.69, 9.17) is 11.6 Å². The third-order valence-corrected chi connectivity index (χ3v) is 4.56. The Morgan fingerprint density at radius 1 is 1.50 bits per heavy atom. The van der Waals surface area contributed by atoms with Gasteiger partial charge in [-0.25, -0.2) is 8.42 Å². The fourth-order valence-corrected chi connectivity index (χ4v) is 3.73. The molecule has 98 valence electrons. The van der Waals surface area contributed by atoms with E-state index in [0.717, 1.165) is 18.4 Å². The van der Waals surface area contributed by atoms with E-state index in [2.05, 4.69) is 6.58 Å². The van der Waals surface area contributed by atoms with Crippen molar-refractivity contribution >= 4 is 21.6 Å². The Morgan fingerprint density at radius 3 is 2.78 bits per heavy atom. The molecule has 0 saturated heterocycles. The Labute approximate surface area is 113 Å². The van der Waals surface area contributed by atoms with E-state index in [1.807, 2.05) is 24.3 Å². The molecule has 1 aliphatic carbocycles. The lowest BCUT2D eigenvalue weighted by molar-refractivity contribution is 0.349. The van der Waals surface area contributed by atoms with Crippen LogP contribution in [0.5, 0.6) is 0 Å². The van der Waals surface area contributed by atoms with Crippen LogP contribution in [-0.4, -0.2) is 25.5 Å². The summed E-state index contributed by atoms with van der Waals surface area (Å²) in [7, 11) is -3.30. The van der Waals surface area contributed by atoms with Gasteiger partial charge in [0.2, 0.25) is 10.0 Å². The van der Waals surface area contributed by atoms with Crippen molar-refractivity contribution in [2.45, 2.75) is 18.9 Å². The molecule has 0 spiro atoms. The van der Waals surface area contributed by atoms with E-state index in [-0.39, 0.29) is 12.6 Å². The lowest BCUT2D eigenvalue weighted by Gasteiger charge is -2.26. The average molecular weight is 286 g/mol. The molecule has 1 aliphatic rings. The Bertz CT molecular complexity index is 568. The van der Waals surface area contributed by atoms with Crippen molar-refractivity contribution in [1.29, 1.82) is 0 Å². The summed E-state index contributed by atoms with van der Waals surface area (Å²) in [6.07, 6.45) is 2.92. The van der Waals surface area contributed by atoms with Crippen LogP contribution in [0.2, 0.25) is 0 Å². The molecule has 0 radical (unpaired) electrons. The minimum absolute atomic E-state index is 0.119. The molecule has 0 saturated carbocycles. The first-order valence-electron chi connectivity index (χ1n) is 5.77. The van der Waals surface area contributed by atoms with Crippen LogP contribution in [0, 0.1) is 0 Å². The van der Waals surface area contributed by atoms with Gasteiger partial charge in [-0.05, 0) is 24.0 Å². The number of sulfonamides is 1. The number of benzene rings is 1. The van der Waals surface area contributed by atoms with E-state index in [0.29, 0.717) is 5.03 Å². The normalized spacial score (nSPS) is 18.9. The van der Waals surface area contributed by atoms with Crippen LogP contribution in [0.25, 0.3) is 0 Å². The smallest absolute Gasteiger partial charge is 0.212 e. The summed E-state index contributed by atoms with van der Waals surface area (Å²) in [6.45, 7) is 3.76. The number of rotatable bonds is 4. The van der Waals surface area contributed by atoms with Crippen LogP contribution >= 0.6 is 11.6 Å². The number of aryl methyl sites for hydroxylation is 1. The van der Waals surface area contributed by atoms with Gasteiger partial charge < -0.3 is 0 Å². The summed E-state index contributed by atoms with van der Waals surface area (Å²) in [6, 6.07) is 7.83. The zero-order valence-electron chi connectivity index (χ0n) is 10.3. The molecule has 1 atom stereocenters. The van der Waals surface area contributed by atoms with E-state index >= 15 is 0 Å². The Balaban J connectivity index is 2.37. The summed E-state index contributed by atoms with van der Waals surface area (Å²) in [4.78, 5) is 0. The van der Waals surface area contributed by atoms with Gasteiger partial charge in [-0.2, -0.15) is 4.31 Å². The zero-order valence-corrected chi connectivity index (χ0v) is 11.8. The first kappa shape index (κ1) is 13.6. The van der Waals surface area contributed by atoms with Gasteiger partial charge in [0.15, 0.2) is 0 Å². The molecular formula is C13H16ClNO2S. The number of hydrogen-bond acceptors (Lipinski definition) is 2. The van der Waals surface area contributed by atoms with Crippen molar-refractivity contribution in [2.75, 3.05) is 12.8 Å². The van der Waals surface area contributed by atoms with Crippen LogP contribution in [0.15, 0.2) is 35.9 Å². The van der Waals surface area contributed by atoms with Crippen molar-refractivity contribution in [1.82, 2.24) is 4.31 Å². The maximum absolute atomic E-state index is 11.9. The summed E-state index contributed by atoms with van der Waals surface area (Å²) in [5.74, 6) is 0. The molecular weight excluding hydrogens is 270 g/mol. The number of nitrogens with zero attached hydrogens (tertiary/aromatic N) is 1. The van der Waals surface area contributed by atoms with Gasteiger partial charge in [0.1, 0.15) is 0 Å². The molecule has 0 aliphatic heterocycles. The summed E-state index contributed by atoms with van der Waals surface area (Å²) in [5.41, 5.74) is 2.30. The lowest BCUT2D eigenvalue weighted by Crippen LogP contribution is -2.34. The van der Waals surface area contributed by atoms with E-state index in [1.165, 1.54) is 16.1 Å². The molecule has 1 aromatic carbocycles. The largest absolute Gasteiger partial charge is 0.212 e. The second kappa shape index (κ2) is 5.03. The molecule has 3 nitrogen and oxygen atoms in total. The first-order valence-corrected chi connectivity index (χ1v) is 8.00. The second-order valence-corrected chi connectivity index (χ2v) is 7.05. The molecule has 1 unspecified atom stereocenters. The first-order chi connectivity index (χ1) is 8.39. The van der Waals surface area contributed by atoms with Crippen LogP contribution in [0.4, 0.5) is 0 Å². The molecule has 0 amide bonds. The van der Waals surface area contributed by atoms with Gasteiger partial charge >= 0.3 is 0 Å². The molecule has 0 bridgehead atoms. The Morgan fingerprint density at radius 2 is 2.17 bits per heavy atom. The highest BCUT2D eigenvalue weighted by molar-refractivity contribution is 7.88. The van der Waals surface area contributed by atoms with Crippen LogP contribution in [0.3, 0.4) is 0 Å². The third-order valence-electron chi connectivity index (χ3n) is 3.20. The maximum atomic E-state index is 11.9. The molecule has 18 heavy (non-hydrogen) atoms. The molecule has 0 fully saturated rings. The fourth-order valence-electron chi connectivity index (χ4n) is 2.46. The van der Waals surface area contributed by atoms with Crippen molar-refractivity contribution in [3.63, 3.8) is 0 Å². The maximum Gasteiger partial charge on any atom is 0.212 e. The molecule has 0 heterocycles. The average Bonchev–Trinajstić information content (AvgIpc) is 2.67. The fraction of sp³-hybridized carbons (Fsp3) is 0.385. The highest BCUT2D eigenvalue weighted by Crippen LogP contribution is 2.37. The number of fused-ring (bicyclic) bond motifs is 1. The third kappa shape index (κ3) is 2.76. The van der Waals surface area contributed by atoms with Gasteiger partial charge in [0.05, 0.1) is 12.3 Å². The predicted molar refractivity (Wildman–Crippen MR) is 74.0 cm³/mol. The standard InChI is InChI=1S/C13H16ClNO2S/c1-10(14)9-15(18(2,16)17)13-8-7-11-5-3-4-6-12(11)13/h3-6,13H,1,7-9H2,2H3. The number of halogens is 1. The van der Waals surface area contributed by atoms with Crippen LogP contribution in [-0.2, 0) is 16.4 Å². The van der Waals surface area contributed by atoms with Gasteiger partial charge in [0.25, 0.3) is 0 Å². The summed E-state index contributed by atoms with van der Waals surface area (Å²) >= 11 is 5.78. The van der Waals surface area contributed by atoms with Gasteiger partial charge in [-0.3, -0.25) is 0 Å². The summed E-state index contributed by atoms with van der Waals surface area (Å²) < 4.78 is 25.2. The molecule has 0 N–H and O–H groups in total. The zero-order chi connectivity index (χ0) is 13.3. The lowest BCUT2D eigenvalue weighted by atomic mass is 10.1. The van der Waals surface area contributed by atoms with Crippen LogP contribution < -0.4 is 0 Å². The highest BCUT2D eigenvalue weighted by Gasteiger charge is 2.32. The van der Waals surface area contributed by atoms with Crippen molar-refractivity contribution in [3.05, 3.63) is 47.0 Å². The minimum atomic E-state index is -3.30. The molecule has 5 heteroatoms. The number of hydrogen-bond donors (Lipinski definition) is 0. The monoisotopic (exact) mass is 285 g/mol. The van der Waals surface area contributed by atoms with Crippen molar-refractivity contribution in [3.8, 4) is 0 Å². The van der Waals surface area contributed by atoms with Gasteiger partial charge in [-0.1, -0.05) is 42.4 Å². The van der Waals surface area contributed by atoms with Crippen molar-refractivity contribution in [2.24, 2.45) is 0 Å². The van der Waals surface area contributed by atoms with Gasteiger partial charge in [0, 0.05) is 11.6 Å². The highest BCUT2D eigenvalue weighted by atomic mass is 35.5. The SMILES string of the molecule is C=C(Cl)CN(C1CCc2ccccc21)S(C)(=O)=O. The van der Waals surface area contributed by atoms with E-state index in [1.54, 1.807) is 0 Å². The molecule has 0 aromatic heterocycles. The van der Waals surface area contributed by atoms with E-state index in [9.17, 15) is 8.42 Å². The summed E-state index contributed by atoms with van der Waals surface area (Å²) in [5, 5.41) is 0.338. The Kier molecular flexibility index (Phi) is 3.80. The van der Waals surface area contributed by atoms with E-state index < -0.39 is 10.0 Å². The molecule has 2 rings (SSSR count). The van der Waals surface area contributed by atoms with Crippen molar-refractivity contribution < 1.29 is 8.42 Å². The molecule has 1 aromatic rings. The quantitative estimate of drug-likeness (QED) is 0.853. The van der Waals surface area contributed by atoms with Crippen LogP contribution in [0.1, 0.15) is 23.6 Å². The Hall–Kier alpha value is -0.840. The predicted octanol–water partition coefficient (Wildman–Crippen LogP) is 2.69. The topological polar surface area (TPSA) is 37.4 Å². The minimum Gasteiger partial charge on any atom is -0.212 e.